The summed E-state index contributed by atoms with van der Waals surface area (Å²) in [5, 5.41) is 20.1. The van der Waals surface area contributed by atoms with Crippen LogP contribution >= 0.6 is 0 Å². The van der Waals surface area contributed by atoms with E-state index in [9.17, 15) is 23.7 Å². The maximum absolute atomic E-state index is 11.4. The molecule has 0 radical (unpaired) electrons. The van der Waals surface area contributed by atoms with Crippen LogP contribution in [0, 0.1) is 10.1 Å². The van der Waals surface area contributed by atoms with E-state index in [1.165, 1.54) is 17.0 Å². The van der Waals surface area contributed by atoms with Crippen LogP contribution in [0.25, 0.3) is 11.0 Å². The molecule has 10 nitrogen and oxygen atoms in total. The number of hydrogen-bond donors (Lipinski definition) is 3. The zero-order valence-electron chi connectivity index (χ0n) is 12.1. The summed E-state index contributed by atoms with van der Waals surface area (Å²) in [6, 6.07) is 4.44. The number of carboxylic acids is 1. The number of non-ortho nitro benzene ring substituents is 1. The minimum absolute atomic E-state index is 0.118. The molecule has 2 heterocycles. The van der Waals surface area contributed by atoms with Gasteiger partial charge in [-0.2, -0.15) is 0 Å². The predicted octanol–water partition coefficient (Wildman–Crippen LogP) is 1.59. The Kier molecular flexibility index (Phi) is 4.03. The molecule has 24 heavy (non-hydrogen) atoms. The first kappa shape index (κ1) is 16.1. The van der Waals surface area contributed by atoms with Crippen molar-refractivity contribution in [3.05, 3.63) is 38.9 Å². The summed E-state index contributed by atoms with van der Waals surface area (Å²) >= 11 is -2.29. The lowest BCUT2D eigenvalue weighted by Gasteiger charge is -2.18. The molecule has 0 saturated carbocycles. The molecule has 0 saturated heterocycles. The lowest BCUT2D eigenvalue weighted by Crippen LogP contribution is -2.22. The zero-order chi connectivity index (χ0) is 17.4. The molecule has 3 N–H and O–H groups in total. The number of aliphatic carboxylic acids is 1. The van der Waals surface area contributed by atoms with Gasteiger partial charge in [0.2, 0.25) is 5.95 Å². The molecule has 0 bridgehead atoms. The highest BCUT2D eigenvalue weighted by molar-refractivity contribution is 7.83. The highest BCUT2D eigenvalue weighted by Gasteiger charge is 2.30. The molecule has 0 fully saturated rings. The molecule has 1 atom stereocenters. The van der Waals surface area contributed by atoms with E-state index >= 15 is 0 Å². The molecule has 2 aromatic rings. The Hall–Kier alpha value is -2.79. The number of hydrogen-bond acceptors (Lipinski definition) is 6. The Bertz CT molecular complexity index is 905. The minimum atomic E-state index is -2.29. The van der Waals surface area contributed by atoms with Crippen LogP contribution in [-0.4, -0.2) is 41.3 Å². The van der Waals surface area contributed by atoms with Gasteiger partial charge in [-0.3, -0.25) is 14.9 Å². The average Bonchev–Trinajstić information content (AvgIpc) is 3.09. The molecule has 126 valence electrons. The van der Waals surface area contributed by atoms with Crippen LogP contribution in [0.3, 0.4) is 0 Å². The fourth-order valence-electron chi connectivity index (χ4n) is 2.68. The van der Waals surface area contributed by atoms with Gasteiger partial charge in [0.1, 0.15) is 0 Å². The lowest BCUT2D eigenvalue weighted by atomic mass is 10.3. The van der Waals surface area contributed by atoms with Crippen LogP contribution in [0.2, 0.25) is 0 Å². The SMILES string of the molecule is O=C(O)CC1=C(S(=O)O)CCN1c1nc2c([N+](=O)[O-])cccc2[nH]1. The molecule has 11 heteroatoms. The third-order valence-corrected chi connectivity index (χ3v) is 4.53. The predicted molar refractivity (Wildman–Crippen MR) is 84.8 cm³/mol. The Morgan fingerprint density at radius 3 is 2.88 bits per heavy atom. The summed E-state index contributed by atoms with van der Waals surface area (Å²) in [5.41, 5.74) is 0.562. The van der Waals surface area contributed by atoms with Crippen LogP contribution in [0.4, 0.5) is 11.6 Å². The van der Waals surface area contributed by atoms with E-state index in [1.54, 1.807) is 6.07 Å². The van der Waals surface area contributed by atoms with Crippen LogP contribution < -0.4 is 4.90 Å². The molecule has 0 aliphatic carbocycles. The number of rotatable bonds is 5. The molecule has 0 spiro atoms. The number of H-pyrrole nitrogens is 1. The van der Waals surface area contributed by atoms with Crippen molar-refractivity contribution in [1.82, 2.24) is 9.97 Å². The minimum Gasteiger partial charge on any atom is -0.481 e. The number of fused-ring (bicyclic) bond motifs is 1. The molecule has 1 aromatic heterocycles. The molecule has 1 aliphatic rings. The normalized spacial score (nSPS) is 16.0. The highest BCUT2D eigenvalue weighted by atomic mass is 32.2. The van der Waals surface area contributed by atoms with Gasteiger partial charge in [0.15, 0.2) is 16.6 Å². The van der Waals surface area contributed by atoms with Crippen molar-refractivity contribution >= 4 is 39.7 Å². The standard InChI is InChI=1S/C13H12N4O6S/c18-11(19)6-9-10(24(22)23)4-5-16(9)13-14-7-2-1-3-8(17(20)21)12(7)15-13/h1-3H,4-6H2,(H,14,15)(H,18,19)(H,22,23). The number of para-hydroxylation sites is 1. The summed E-state index contributed by atoms with van der Waals surface area (Å²) in [6.45, 7) is 0.262. The summed E-state index contributed by atoms with van der Waals surface area (Å²) in [6.07, 6.45) is -0.231. The van der Waals surface area contributed by atoms with Gasteiger partial charge in [0.25, 0.3) is 5.69 Å². The third-order valence-electron chi connectivity index (χ3n) is 3.67. The van der Waals surface area contributed by atoms with E-state index in [-0.39, 0.29) is 40.7 Å². The van der Waals surface area contributed by atoms with Gasteiger partial charge >= 0.3 is 5.97 Å². The number of aromatic amines is 1. The fourth-order valence-corrected chi connectivity index (χ4v) is 3.33. The lowest BCUT2D eigenvalue weighted by molar-refractivity contribution is -0.383. The fraction of sp³-hybridized carbons (Fsp3) is 0.231. The Balaban J connectivity index is 2.09. The van der Waals surface area contributed by atoms with Crippen molar-refractivity contribution in [1.29, 1.82) is 0 Å². The second-order valence-corrected chi connectivity index (χ2v) is 6.07. The molecular weight excluding hydrogens is 340 g/mol. The van der Waals surface area contributed by atoms with E-state index in [0.29, 0.717) is 5.52 Å². The average molecular weight is 352 g/mol. The van der Waals surface area contributed by atoms with E-state index in [0.717, 1.165) is 0 Å². The molecule has 1 aliphatic heterocycles. The smallest absolute Gasteiger partial charge is 0.309 e. The molecule has 0 amide bonds. The second-order valence-electron chi connectivity index (χ2n) is 5.08. The Morgan fingerprint density at radius 1 is 1.50 bits per heavy atom. The maximum atomic E-state index is 11.4. The Labute approximate surface area is 137 Å². The van der Waals surface area contributed by atoms with Gasteiger partial charge in [-0.25, -0.2) is 9.19 Å². The summed E-state index contributed by atoms with van der Waals surface area (Å²) in [5.74, 6) is -0.946. The van der Waals surface area contributed by atoms with Crippen LogP contribution in [-0.2, 0) is 15.9 Å². The van der Waals surface area contributed by atoms with Crippen LogP contribution in [0.15, 0.2) is 28.8 Å². The van der Waals surface area contributed by atoms with Gasteiger partial charge < -0.3 is 19.5 Å². The topological polar surface area (TPSA) is 150 Å². The van der Waals surface area contributed by atoms with Crippen molar-refractivity contribution < 1.29 is 23.6 Å². The first-order valence-electron chi connectivity index (χ1n) is 6.84. The maximum Gasteiger partial charge on any atom is 0.309 e. The first-order chi connectivity index (χ1) is 11.4. The summed E-state index contributed by atoms with van der Waals surface area (Å²) < 4.78 is 20.7. The molecular formula is C13H12N4O6S. The number of aromatic nitrogens is 2. The number of nitrogens with zero attached hydrogens (tertiary/aromatic N) is 3. The van der Waals surface area contributed by atoms with Gasteiger partial charge in [0, 0.05) is 24.7 Å². The number of imidazole rings is 1. The van der Waals surface area contributed by atoms with Crippen molar-refractivity contribution in [2.45, 2.75) is 12.8 Å². The summed E-state index contributed by atoms with van der Waals surface area (Å²) in [7, 11) is 0. The number of nitrogens with one attached hydrogen (secondary N) is 1. The van der Waals surface area contributed by atoms with Crippen LogP contribution in [0.1, 0.15) is 12.8 Å². The van der Waals surface area contributed by atoms with Gasteiger partial charge in [-0.1, -0.05) is 6.07 Å². The van der Waals surface area contributed by atoms with Crippen molar-refractivity contribution in [2.24, 2.45) is 0 Å². The van der Waals surface area contributed by atoms with Crippen LogP contribution in [0.5, 0.6) is 0 Å². The first-order valence-corrected chi connectivity index (χ1v) is 7.94. The number of benzene rings is 1. The van der Waals surface area contributed by atoms with Crippen molar-refractivity contribution in [3.8, 4) is 0 Å². The largest absolute Gasteiger partial charge is 0.481 e. The number of nitro benzene ring substituents is 1. The zero-order valence-corrected chi connectivity index (χ0v) is 12.9. The monoisotopic (exact) mass is 352 g/mol. The van der Waals surface area contributed by atoms with Gasteiger partial charge in [0.05, 0.1) is 21.8 Å². The van der Waals surface area contributed by atoms with Gasteiger partial charge in [-0.15, -0.1) is 0 Å². The number of anilines is 1. The number of carboxylic acid groups (broad SMARTS) is 1. The van der Waals surface area contributed by atoms with E-state index in [2.05, 4.69) is 9.97 Å². The molecule has 3 rings (SSSR count). The van der Waals surface area contributed by atoms with Crippen molar-refractivity contribution in [3.63, 3.8) is 0 Å². The number of nitro groups is 1. The van der Waals surface area contributed by atoms with E-state index < -0.39 is 28.4 Å². The molecule has 1 unspecified atom stereocenters. The highest BCUT2D eigenvalue weighted by Crippen LogP contribution is 2.33. The quantitative estimate of drug-likeness (QED) is 0.417. The third kappa shape index (κ3) is 2.74. The summed E-state index contributed by atoms with van der Waals surface area (Å²) in [4.78, 5) is 30.3. The second kappa shape index (κ2) is 6.02. The van der Waals surface area contributed by atoms with E-state index in [1.807, 2.05) is 0 Å². The van der Waals surface area contributed by atoms with E-state index in [4.69, 9.17) is 5.11 Å². The van der Waals surface area contributed by atoms with Gasteiger partial charge in [-0.05, 0) is 6.07 Å². The number of carbonyl (C=O) groups is 1. The molecule has 1 aromatic carbocycles. The van der Waals surface area contributed by atoms with Crippen molar-refractivity contribution in [2.75, 3.05) is 11.4 Å². The Morgan fingerprint density at radius 2 is 2.25 bits per heavy atom.